The molecule has 1 aliphatic rings. The van der Waals surface area contributed by atoms with Gasteiger partial charge in [0.1, 0.15) is 0 Å². The fraction of sp³-hybridized carbons (Fsp3) is 0.259. The van der Waals surface area contributed by atoms with E-state index in [0.29, 0.717) is 34.4 Å². The molecule has 1 amide bonds. The van der Waals surface area contributed by atoms with Crippen molar-refractivity contribution in [1.29, 1.82) is 0 Å². The Bertz CT molecular complexity index is 1450. The highest BCUT2D eigenvalue weighted by atomic mass is 35.5. The summed E-state index contributed by atoms with van der Waals surface area (Å²) in [5, 5.41) is 6.35. The Morgan fingerprint density at radius 3 is 2.75 bits per heavy atom. The SMILES string of the molecule is CCC(OC(=O)c1c2c(nc3ccccc13)CCN(C)C2)C(=O)Nc1nc(-c2ccccc2Cl)cs1. The maximum absolute atomic E-state index is 13.5. The predicted molar refractivity (Wildman–Crippen MR) is 142 cm³/mol. The van der Waals surface area contributed by atoms with Crippen LogP contribution in [0, 0.1) is 0 Å². The number of nitrogens with one attached hydrogen (secondary N) is 1. The molecule has 0 spiro atoms. The van der Waals surface area contributed by atoms with Gasteiger partial charge in [0, 0.05) is 52.1 Å². The Kier molecular flexibility index (Phi) is 7.00. The van der Waals surface area contributed by atoms with Crippen LogP contribution >= 0.6 is 22.9 Å². The zero-order chi connectivity index (χ0) is 25.2. The van der Waals surface area contributed by atoms with Gasteiger partial charge in [-0.05, 0) is 25.6 Å². The third-order valence-electron chi connectivity index (χ3n) is 6.24. The fourth-order valence-electron chi connectivity index (χ4n) is 4.38. The van der Waals surface area contributed by atoms with Gasteiger partial charge in [0.15, 0.2) is 11.2 Å². The highest BCUT2D eigenvalue weighted by Crippen LogP contribution is 2.31. The van der Waals surface area contributed by atoms with E-state index in [0.717, 1.165) is 40.7 Å². The van der Waals surface area contributed by atoms with Crippen molar-refractivity contribution in [1.82, 2.24) is 14.9 Å². The van der Waals surface area contributed by atoms with Gasteiger partial charge < -0.3 is 9.64 Å². The number of hydrogen-bond donors (Lipinski definition) is 1. The van der Waals surface area contributed by atoms with Crippen molar-refractivity contribution in [2.24, 2.45) is 0 Å². The molecular formula is C27H25ClN4O3S. The molecule has 9 heteroatoms. The lowest BCUT2D eigenvalue weighted by atomic mass is 9.96. The molecule has 1 atom stereocenters. The molecule has 184 valence electrons. The Morgan fingerprint density at radius 1 is 1.17 bits per heavy atom. The van der Waals surface area contributed by atoms with E-state index in [-0.39, 0.29) is 0 Å². The molecule has 1 N–H and O–H groups in total. The lowest BCUT2D eigenvalue weighted by molar-refractivity contribution is -0.124. The Labute approximate surface area is 218 Å². The fourth-order valence-corrected chi connectivity index (χ4v) is 5.32. The largest absolute Gasteiger partial charge is 0.449 e. The number of ether oxygens (including phenoxy) is 1. The molecule has 0 aliphatic carbocycles. The average Bonchev–Trinajstić information content (AvgIpc) is 3.34. The molecule has 0 radical (unpaired) electrons. The minimum Gasteiger partial charge on any atom is -0.449 e. The van der Waals surface area contributed by atoms with Gasteiger partial charge in [-0.15, -0.1) is 11.3 Å². The van der Waals surface area contributed by atoms with Crippen molar-refractivity contribution in [3.8, 4) is 11.3 Å². The van der Waals surface area contributed by atoms with E-state index in [1.165, 1.54) is 11.3 Å². The summed E-state index contributed by atoms with van der Waals surface area (Å²) < 4.78 is 5.80. The summed E-state index contributed by atoms with van der Waals surface area (Å²) >= 11 is 7.56. The number of aromatic nitrogens is 2. The molecule has 36 heavy (non-hydrogen) atoms. The molecule has 0 saturated carbocycles. The molecule has 3 heterocycles. The van der Waals surface area contributed by atoms with Crippen LogP contribution in [0.2, 0.25) is 5.02 Å². The molecule has 5 rings (SSSR count). The Morgan fingerprint density at radius 2 is 1.94 bits per heavy atom. The van der Waals surface area contributed by atoms with Crippen LogP contribution in [0.5, 0.6) is 0 Å². The van der Waals surface area contributed by atoms with Gasteiger partial charge in [-0.3, -0.25) is 15.1 Å². The number of para-hydroxylation sites is 1. The zero-order valence-electron chi connectivity index (χ0n) is 20.0. The van der Waals surface area contributed by atoms with Crippen LogP contribution in [0.25, 0.3) is 22.2 Å². The summed E-state index contributed by atoms with van der Waals surface area (Å²) in [7, 11) is 2.01. The first-order valence-corrected chi connectivity index (χ1v) is 13.0. The minimum atomic E-state index is -0.964. The smallest absolute Gasteiger partial charge is 0.340 e. The van der Waals surface area contributed by atoms with Crippen molar-refractivity contribution in [2.75, 3.05) is 18.9 Å². The first-order valence-electron chi connectivity index (χ1n) is 11.8. The number of carbonyl (C=O) groups excluding carboxylic acids is 2. The van der Waals surface area contributed by atoms with E-state index in [1.807, 2.05) is 61.8 Å². The van der Waals surface area contributed by atoms with Gasteiger partial charge in [0.05, 0.1) is 16.8 Å². The number of carbonyl (C=O) groups is 2. The molecule has 2 aromatic heterocycles. The lowest BCUT2D eigenvalue weighted by Crippen LogP contribution is -2.34. The van der Waals surface area contributed by atoms with Crippen LogP contribution in [0.4, 0.5) is 5.13 Å². The van der Waals surface area contributed by atoms with E-state index < -0.39 is 18.0 Å². The molecule has 1 unspecified atom stereocenters. The highest BCUT2D eigenvalue weighted by molar-refractivity contribution is 7.14. The van der Waals surface area contributed by atoms with E-state index in [9.17, 15) is 9.59 Å². The third kappa shape index (κ3) is 4.84. The number of halogens is 1. The van der Waals surface area contributed by atoms with Gasteiger partial charge in [-0.1, -0.05) is 54.9 Å². The summed E-state index contributed by atoms with van der Waals surface area (Å²) in [6, 6.07) is 14.9. The number of nitrogens with zero attached hydrogens (tertiary/aromatic N) is 3. The predicted octanol–water partition coefficient (Wildman–Crippen LogP) is 5.57. The maximum atomic E-state index is 13.5. The summed E-state index contributed by atoms with van der Waals surface area (Å²) in [6.07, 6.45) is 0.117. The maximum Gasteiger partial charge on any atom is 0.340 e. The van der Waals surface area contributed by atoms with E-state index in [2.05, 4.69) is 15.2 Å². The second-order valence-electron chi connectivity index (χ2n) is 8.73. The monoisotopic (exact) mass is 520 g/mol. The van der Waals surface area contributed by atoms with Gasteiger partial charge >= 0.3 is 5.97 Å². The zero-order valence-corrected chi connectivity index (χ0v) is 21.5. The van der Waals surface area contributed by atoms with Crippen molar-refractivity contribution >= 4 is 50.8 Å². The number of thiazole rings is 1. The van der Waals surface area contributed by atoms with Crippen LogP contribution in [-0.2, 0) is 22.5 Å². The molecule has 0 saturated heterocycles. The van der Waals surface area contributed by atoms with E-state index in [4.69, 9.17) is 21.3 Å². The van der Waals surface area contributed by atoms with Gasteiger partial charge in [0.25, 0.3) is 5.91 Å². The first kappa shape index (κ1) is 24.4. The molecule has 2 aromatic carbocycles. The number of fused-ring (bicyclic) bond motifs is 2. The van der Waals surface area contributed by atoms with Crippen molar-refractivity contribution < 1.29 is 14.3 Å². The number of amides is 1. The van der Waals surface area contributed by atoms with Crippen LogP contribution < -0.4 is 5.32 Å². The van der Waals surface area contributed by atoms with E-state index in [1.54, 1.807) is 6.07 Å². The summed E-state index contributed by atoms with van der Waals surface area (Å²) in [5.74, 6) is -0.937. The van der Waals surface area contributed by atoms with Gasteiger partial charge in [0.2, 0.25) is 0 Å². The van der Waals surface area contributed by atoms with Gasteiger partial charge in [-0.2, -0.15) is 0 Å². The normalized spacial score (nSPS) is 14.3. The number of likely N-dealkylation sites (N-methyl/N-ethyl adjacent to an activating group) is 1. The van der Waals surface area contributed by atoms with Crippen molar-refractivity contribution in [2.45, 2.75) is 32.4 Å². The Hall–Kier alpha value is -3.33. The number of anilines is 1. The average molecular weight is 521 g/mol. The van der Waals surface area contributed by atoms with Crippen LogP contribution in [0.1, 0.15) is 35.0 Å². The summed E-state index contributed by atoms with van der Waals surface area (Å²) in [6.45, 7) is 3.28. The molecule has 4 aromatic rings. The van der Waals surface area contributed by atoms with Crippen molar-refractivity contribution in [3.63, 3.8) is 0 Å². The van der Waals surface area contributed by atoms with E-state index >= 15 is 0 Å². The molecule has 7 nitrogen and oxygen atoms in total. The summed E-state index contributed by atoms with van der Waals surface area (Å²) in [4.78, 5) is 38.0. The van der Waals surface area contributed by atoms with Crippen LogP contribution in [0.3, 0.4) is 0 Å². The number of rotatable bonds is 6. The Balaban J connectivity index is 1.38. The minimum absolute atomic E-state index is 0.325. The standard InChI is InChI=1S/C27H25ClN4O3S/c1-3-23(25(33)31-27-30-22(15-36-27)16-8-4-6-10-19(16)28)35-26(34)24-17-9-5-7-11-20(17)29-21-12-13-32(2)14-18(21)24/h4-11,15,23H,3,12-14H2,1-2H3,(H,30,31,33). The second kappa shape index (κ2) is 10.3. The number of esters is 1. The van der Waals surface area contributed by atoms with Crippen molar-refractivity contribution in [3.05, 3.63) is 75.8 Å². The van der Waals surface area contributed by atoms with Crippen LogP contribution in [-0.4, -0.2) is 46.4 Å². The quantitative estimate of drug-likeness (QED) is 0.334. The number of pyridine rings is 1. The third-order valence-corrected chi connectivity index (χ3v) is 7.33. The lowest BCUT2D eigenvalue weighted by Gasteiger charge is -2.27. The topological polar surface area (TPSA) is 84.4 Å². The summed E-state index contributed by atoms with van der Waals surface area (Å²) in [5.41, 5.74) is 4.47. The molecule has 0 bridgehead atoms. The molecular weight excluding hydrogens is 496 g/mol. The number of benzene rings is 2. The molecule has 1 aliphatic heterocycles. The highest BCUT2D eigenvalue weighted by Gasteiger charge is 2.29. The molecule has 0 fully saturated rings. The van der Waals surface area contributed by atoms with Gasteiger partial charge in [-0.25, -0.2) is 9.78 Å². The van der Waals surface area contributed by atoms with Crippen LogP contribution in [0.15, 0.2) is 53.9 Å². The number of hydrogen-bond acceptors (Lipinski definition) is 7. The first-order chi connectivity index (χ1) is 17.4. The second-order valence-corrected chi connectivity index (χ2v) is 9.99.